The number of hydrogen-bond acceptors (Lipinski definition) is 9. The monoisotopic (exact) mass is 474 g/mol. The van der Waals surface area contributed by atoms with E-state index in [1.165, 1.54) is 12.0 Å². The molecule has 2 aliphatic rings. The fourth-order valence-corrected chi connectivity index (χ4v) is 4.79. The van der Waals surface area contributed by atoms with Crippen LogP contribution in [0.15, 0.2) is 60.7 Å². The van der Waals surface area contributed by atoms with Crippen LogP contribution in [-0.4, -0.2) is 63.9 Å². The fraction of sp³-hybridized carbons (Fsp3) is 0.435. The molecule has 2 fully saturated rings. The lowest BCUT2D eigenvalue weighted by molar-refractivity contribution is -0.344. The van der Waals surface area contributed by atoms with Crippen molar-refractivity contribution in [3.05, 3.63) is 71.8 Å². The van der Waals surface area contributed by atoms with Crippen LogP contribution in [0.1, 0.15) is 17.4 Å². The van der Waals surface area contributed by atoms with Crippen LogP contribution in [-0.2, 0) is 39.8 Å². The summed E-state index contributed by atoms with van der Waals surface area (Å²) in [6.07, 6.45) is -1.04. The zero-order chi connectivity index (χ0) is 23.4. The Labute approximate surface area is 193 Å². The van der Waals surface area contributed by atoms with E-state index < -0.39 is 47.1 Å². The Morgan fingerprint density at radius 2 is 1.76 bits per heavy atom. The van der Waals surface area contributed by atoms with Gasteiger partial charge in [-0.2, -0.15) is 13.7 Å². The first-order chi connectivity index (χ1) is 15.9. The topological polar surface area (TPSA) is 107 Å². The smallest absolute Gasteiger partial charge is 0.264 e. The number of nitrogens with zero attached hydrogens (tertiary/aromatic N) is 2. The van der Waals surface area contributed by atoms with Gasteiger partial charge in [-0.15, -0.1) is 0 Å². The van der Waals surface area contributed by atoms with Gasteiger partial charge in [-0.05, 0) is 5.56 Å². The number of benzene rings is 2. The number of hydrogen-bond donors (Lipinski definition) is 0. The minimum Gasteiger partial charge on any atom is -0.353 e. The molecule has 10 heteroatoms. The van der Waals surface area contributed by atoms with E-state index >= 15 is 0 Å². The van der Waals surface area contributed by atoms with E-state index in [4.69, 9.17) is 23.1 Å². The fourth-order valence-electron chi connectivity index (χ4n) is 4.18. The van der Waals surface area contributed by atoms with Crippen molar-refractivity contribution in [3.63, 3.8) is 0 Å². The maximum Gasteiger partial charge on any atom is 0.264 e. The number of nitriles is 1. The van der Waals surface area contributed by atoms with Gasteiger partial charge in [0, 0.05) is 12.7 Å². The summed E-state index contributed by atoms with van der Waals surface area (Å²) in [6, 6.07) is 18.0. The molecule has 2 aliphatic heterocycles. The highest BCUT2D eigenvalue weighted by Gasteiger charge is 2.54. The van der Waals surface area contributed by atoms with Gasteiger partial charge in [0.15, 0.2) is 24.9 Å². The summed E-state index contributed by atoms with van der Waals surface area (Å²) < 4.78 is 53.2. The van der Waals surface area contributed by atoms with Crippen molar-refractivity contribution >= 4 is 10.1 Å². The standard InChI is InChI=1S/C23H26N2O7S/c1-28-23-21(32-33(2,26)27)19(25(15-24)13-16-9-5-3-6-10-16)20-18(30-23)14-29-22(31-20)17-11-7-4-8-12-17/h3-12,18-23H,13-14H2,1-2H3/t18-,19+,20-,21-,22-,23+/m0/s1. The van der Waals surface area contributed by atoms with Crippen molar-refractivity contribution in [2.45, 2.75) is 43.5 Å². The predicted octanol–water partition coefficient (Wildman–Crippen LogP) is 2.17. The number of fused-ring (bicyclic) bond motifs is 1. The molecule has 0 radical (unpaired) electrons. The molecular formula is C23H26N2O7S. The first-order valence-corrected chi connectivity index (χ1v) is 12.3. The molecule has 0 bridgehead atoms. The third kappa shape index (κ3) is 5.52. The van der Waals surface area contributed by atoms with Gasteiger partial charge in [0.1, 0.15) is 18.2 Å². The minimum atomic E-state index is -3.90. The Morgan fingerprint density at radius 1 is 1.09 bits per heavy atom. The lowest BCUT2D eigenvalue weighted by Gasteiger charge is -2.50. The minimum absolute atomic E-state index is 0.177. The van der Waals surface area contributed by atoms with Crippen molar-refractivity contribution in [1.82, 2.24) is 4.90 Å². The third-order valence-electron chi connectivity index (χ3n) is 5.58. The van der Waals surface area contributed by atoms with Crippen LogP contribution >= 0.6 is 0 Å². The van der Waals surface area contributed by atoms with Crippen molar-refractivity contribution in [3.8, 4) is 6.19 Å². The van der Waals surface area contributed by atoms with Crippen LogP contribution in [0.2, 0.25) is 0 Å². The Kier molecular flexibility index (Phi) is 7.29. The molecule has 6 atom stereocenters. The van der Waals surface area contributed by atoms with Gasteiger partial charge in [0.25, 0.3) is 10.1 Å². The summed E-state index contributed by atoms with van der Waals surface area (Å²) in [7, 11) is -2.51. The number of rotatable bonds is 7. The van der Waals surface area contributed by atoms with Gasteiger partial charge in [0.2, 0.25) is 0 Å². The van der Waals surface area contributed by atoms with Crippen LogP contribution in [0, 0.1) is 11.5 Å². The molecule has 0 amide bonds. The second-order valence-electron chi connectivity index (χ2n) is 7.92. The van der Waals surface area contributed by atoms with Gasteiger partial charge in [-0.25, -0.2) is 0 Å². The maximum atomic E-state index is 12.1. The van der Waals surface area contributed by atoms with Gasteiger partial charge >= 0.3 is 0 Å². The largest absolute Gasteiger partial charge is 0.353 e. The first-order valence-electron chi connectivity index (χ1n) is 10.5. The van der Waals surface area contributed by atoms with E-state index in [0.29, 0.717) is 0 Å². The molecule has 4 rings (SSSR count). The summed E-state index contributed by atoms with van der Waals surface area (Å²) >= 11 is 0. The van der Waals surface area contributed by atoms with Crippen molar-refractivity contribution in [1.29, 1.82) is 5.26 Å². The molecule has 33 heavy (non-hydrogen) atoms. The highest BCUT2D eigenvalue weighted by atomic mass is 32.2. The van der Waals surface area contributed by atoms with Gasteiger partial charge in [0.05, 0.1) is 19.4 Å². The molecular weight excluding hydrogens is 448 g/mol. The van der Waals surface area contributed by atoms with Gasteiger partial charge in [-0.3, -0.25) is 9.08 Å². The van der Waals surface area contributed by atoms with Crippen LogP contribution < -0.4 is 0 Å². The third-order valence-corrected chi connectivity index (χ3v) is 6.16. The molecule has 9 nitrogen and oxygen atoms in total. The zero-order valence-corrected chi connectivity index (χ0v) is 19.1. The maximum absolute atomic E-state index is 12.1. The van der Waals surface area contributed by atoms with Crippen molar-refractivity contribution in [2.24, 2.45) is 0 Å². The van der Waals surface area contributed by atoms with Crippen LogP contribution in [0.5, 0.6) is 0 Å². The van der Waals surface area contributed by atoms with Crippen LogP contribution in [0.4, 0.5) is 0 Å². The Morgan fingerprint density at radius 3 is 2.36 bits per heavy atom. The highest BCUT2D eigenvalue weighted by molar-refractivity contribution is 7.86. The predicted molar refractivity (Wildman–Crippen MR) is 117 cm³/mol. The van der Waals surface area contributed by atoms with Crippen molar-refractivity contribution in [2.75, 3.05) is 20.0 Å². The Balaban J connectivity index is 1.70. The Bertz CT molecular complexity index is 1060. The van der Waals surface area contributed by atoms with Gasteiger partial charge < -0.3 is 18.9 Å². The molecule has 0 spiro atoms. The lowest BCUT2D eigenvalue weighted by Crippen LogP contribution is -2.67. The Hall–Kier alpha value is -2.52. The molecule has 0 unspecified atom stereocenters. The average Bonchev–Trinajstić information content (AvgIpc) is 2.82. The van der Waals surface area contributed by atoms with E-state index in [2.05, 4.69) is 6.19 Å². The van der Waals surface area contributed by atoms with E-state index in [0.717, 1.165) is 17.4 Å². The summed E-state index contributed by atoms with van der Waals surface area (Å²) in [4.78, 5) is 1.46. The molecule has 2 saturated heterocycles. The zero-order valence-electron chi connectivity index (χ0n) is 18.3. The average molecular weight is 475 g/mol. The highest BCUT2D eigenvalue weighted by Crippen LogP contribution is 2.38. The lowest BCUT2D eigenvalue weighted by atomic mass is 9.93. The van der Waals surface area contributed by atoms with Crippen molar-refractivity contribution < 1.29 is 31.5 Å². The van der Waals surface area contributed by atoms with E-state index in [1.54, 1.807) is 0 Å². The molecule has 2 aromatic rings. The van der Waals surface area contributed by atoms with E-state index in [1.807, 2.05) is 60.7 Å². The number of ether oxygens (including phenoxy) is 4. The second kappa shape index (κ2) is 10.2. The first kappa shape index (κ1) is 23.6. The molecule has 0 aliphatic carbocycles. The molecule has 0 N–H and O–H groups in total. The second-order valence-corrected chi connectivity index (χ2v) is 9.53. The molecule has 0 saturated carbocycles. The van der Waals surface area contributed by atoms with E-state index in [9.17, 15) is 13.7 Å². The molecule has 0 aromatic heterocycles. The molecule has 2 heterocycles. The quantitative estimate of drug-likeness (QED) is 0.339. The SMILES string of the molecule is CO[C@@H]1O[C@H]2CO[C@H](c3ccccc3)O[C@@H]2[C@@H](N(C#N)Cc2ccccc2)[C@@H]1OS(C)(=O)=O. The number of methoxy groups -OCH3 is 1. The van der Waals surface area contributed by atoms with Crippen LogP contribution in [0.3, 0.4) is 0 Å². The summed E-state index contributed by atoms with van der Waals surface area (Å²) in [5.41, 5.74) is 1.68. The summed E-state index contributed by atoms with van der Waals surface area (Å²) in [5.74, 6) is 0. The molecule has 176 valence electrons. The van der Waals surface area contributed by atoms with Crippen LogP contribution in [0.25, 0.3) is 0 Å². The van der Waals surface area contributed by atoms with E-state index in [-0.39, 0.29) is 13.2 Å². The summed E-state index contributed by atoms with van der Waals surface area (Å²) in [6.45, 7) is 0.405. The summed E-state index contributed by atoms with van der Waals surface area (Å²) in [5, 5.41) is 10.1. The normalized spacial score (nSPS) is 29.6. The molecule has 2 aromatic carbocycles. The van der Waals surface area contributed by atoms with Gasteiger partial charge in [-0.1, -0.05) is 60.7 Å².